The lowest BCUT2D eigenvalue weighted by molar-refractivity contribution is -0.115. The second-order valence-electron chi connectivity index (χ2n) is 8.12. The Morgan fingerprint density at radius 1 is 1.03 bits per heavy atom. The van der Waals surface area contributed by atoms with E-state index in [9.17, 15) is 9.59 Å². The van der Waals surface area contributed by atoms with Crippen LogP contribution in [0.3, 0.4) is 0 Å². The van der Waals surface area contributed by atoms with Crippen molar-refractivity contribution in [2.24, 2.45) is 0 Å². The minimum absolute atomic E-state index is 0.0972. The predicted molar refractivity (Wildman–Crippen MR) is 148 cm³/mol. The van der Waals surface area contributed by atoms with E-state index in [1.54, 1.807) is 31.4 Å². The van der Waals surface area contributed by atoms with Gasteiger partial charge >= 0.3 is 0 Å². The quantitative estimate of drug-likeness (QED) is 0.236. The molecule has 184 valence electrons. The van der Waals surface area contributed by atoms with E-state index in [-0.39, 0.29) is 17.1 Å². The summed E-state index contributed by atoms with van der Waals surface area (Å²) in [5.74, 6) is 0.385. The van der Waals surface area contributed by atoms with E-state index < -0.39 is 0 Å². The minimum Gasteiger partial charge on any atom is -0.497 e. The summed E-state index contributed by atoms with van der Waals surface area (Å²) in [6, 6.07) is 22.6. The van der Waals surface area contributed by atoms with Crippen molar-refractivity contribution < 1.29 is 14.3 Å². The molecule has 0 saturated carbocycles. The Morgan fingerprint density at radius 3 is 2.47 bits per heavy atom. The number of aromatic nitrogens is 1. The van der Waals surface area contributed by atoms with Crippen molar-refractivity contribution in [3.63, 3.8) is 0 Å². The van der Waals surface area contributed by atoms with E-state index in [2.05, 4.69) is 15.6 Å². The zero-order valence-corrected chi connectivity index (χ0v) is 21.9. The van der Waals surface area contributed by atoms with E-state index in [1.807, 2.05) is 67.8 Å². The number of hydrogen-bond acceptors (Lipinski definition) is 6. The van der Waals surface area contributed by atoms with Gasteiger partial charge in [0, 0.05) is 27.1 Å². The van der Waals surface area contributed by atoms with Crippen LogP contribution in [0.5, 0.6) is 5.75 Å². The second-order valence-corrected chi connectivity index (χ2v) is 10.3. The topological polar surface area (TPSA) is 80.3 Å². The molecule has 1 atom stereocenters. The third kappa shape index (κ3) is 6.53. The van der Waals surface area contributed by atoms with Gasteiger partial charge in [-0.1, -0.05) is 42.8 Å². The Balaban J connectivity index is 1.38. The normalized spacial score (nSPS) is 11.5. The molecule has 0 spiro atoms. The molecule has 0 aliphatic heterocycles. The number of carbonyl (C=O) groups excluding carboxylic acids is 2. The molecule has 0 fully saturated rings. The fourth-order valence-corrected chi connectivity index (χ4v) is 5.19. The number of aryl methyl sites for hydroxylation is 1. The van der Waals surface area contributed by atoms with Gasteiger partial charge < -0.3 is 15.4 Å². The van der Waals surface area contributed by atoms with Crippen molar-refractivity contribution in [3.05, 3.63) is 89.3 Å². The van der Waals surface area contributed by atoms with E-state index in [1.165, 1.54) is 28.7 Å². The second kappa shape index (κ2) is 11.9. The number of ether oxygens (including phenoxy) is 1. The van der Waals surface area contributed by atoms with Crippen LogP contribution in [0.25, 0.3) is 11.3 Å². The Labute approximate surface area is 219 Å². The average Bonchev–Trinajstić information content (AvgIpc) is 3.36. The van der Waals surface area contributed by atoms with Crippen molar-refractivity contribution in [2.75, 3.05) is 17.7 Å². The molecule has 1 unspecified atom stereocenters. The molecule has 4 rings (SSSR count). The van der Waals surface area contributed by atoms with Gasteiger partial charge in [0.1, 0.15) is 5.75 Å². The number of methoxy groups -OCH3 is 1. The van der Waals surface area contributed by atoms with Gasteiger partial charge in [0.05, 0.1) is 18.1 Å². The highest BCUT2D eigenvalue weighted by atomic mass is 32.2. The van der Waals surface area contributed by atoms with E-state index >= 15 is 0 Å². The molecule has 6 nitrogen and oxygen atoms in total. The smallest absolute Gasteiger partial charge is 0.255 e. The highest BCUT2D eigenvalue weighted by molar-refractivity contribution is 8.00. The molecule has 1 aromatic heterocycles. The van der Waals surface area contributed by atoms with Gasteiger partial charge in [0.15, 0.2) is 5.13 Å². The number of thiazole rings is 1. The fraction of sp³-hybridized carbons (Fsp3) is 0.179. The number of thioether (sulfide) groups is 1. The Bertz CT molecular complexity index is 1330. The molecule has 1 heterocycles. The molecule has 0 saturated heterocycles. The maximum atomic E-state index is 13.0. The van der Waals surface area contributed by atoms with Crippen molar-refractivity contribution in [1.82, 2.24) is 4.98 Å². The number of amides is 2. The number of benzene rings is 3. The van der Waals surface area contributed by atoms with Crippen LogP contribution in [0.2, 0.25) is 0 Å². The molecule has 0 bridgehead atoms. The first-order valence-corrected chi connectivity index (χ1v) is 13.3. The predicted octanol–water partition coefficient (Wildman–Crippen LogP) is 6.89. The summed E-state index contributed by atoms with van der Waals surface area (Å²) in [5, 5.41) is 8.10. The highest BCUT2D eigenvalue weighted by Crippen LogP contribution is 2.30. The summed E-state index contributed by atoms with van der Waals surface area (Å²) in [4.78, 5) is 31.1. The summed E-state index contributed by atoms with van der Waals surface area (Å²) in [5.41, 5.74) is 4.25. The maximum absolute atomic E-state index is 13.0. The average molecular weight is 518 g/mol. The van der Waals surface area contributed by atoms with Gasteiger partial charge in [-0.25, -0.2) is 4.98 Å². The third-order valence-corrected chi connectivity index (χ3v) is 7.58. The van der Waals surface area contributed by atoms with Gasteiger partial charge in [-0.15, -0.1) is 23.1 Å². The standard InChI is InChI=1S/C28H27N3O3S2/c1-4-25(27(33)31-28-30-24(17-35-28)19-10-8-18(2)9-11-19)36-23-7-5-6-21(16-23)29-26(32)20-12-14-22(34-3)15-13-20/h5-17,25H,4H2,1-3H3,(H,29,32)(H,30,31,33). The first kappa shape index (κ1) is 25.5. The third-order valence-electron chi connectivity index (χ3n) is 5.47. The van der Waals surface area contributed by atoms with Crippen molar-refractivity contribution in [3.8, 4) is 17.0 Å². The molecule has 2 N–H and O–H groups in total. The molecule has 0 radical (unpaired) electrons. The van der Waals surface area contributed by atoms with E-state index in [0.29, 0.717) is 28.6 Å². The van der Waals surface area contributed by atoms with Crippen LogP contribution in [0.1, 0.15) is 29.3 Å². The molecular weight excluding hydrogens is 490 g/mol. The first-order chi connectivity index (χ1) is 17.4. The van der Waals surface area contributed by atoms with Gasteiger partial charge in [-0.3, -0.25) is 9.59 Å². The molecule has 36 heavy (non-hydrogen) atoms. The van der Waals surface area contributed by atoms with Crippen LogP contribution >= 0.6 is 23.1 Å². The van der Waals surface area contributed by atoms with Crippen molar-refractivity contribution in [2.45, 2.75) is 30.4 Å². The van der Waals surface area contributed by atoms with Crippen LogP contribution in [-0.4, -0.2) is 29.2 Å². The first-order valence-electron chi connectivity index (χ1n) is 11.5. The number of nitrogens with one attached hydrogen (secondary N) is 2. The van der Waals surface area contributed by atoms with Crippen LogP contribution in [0.4, 0.5) is 10.8 Å². The fourth-order valence-electron chi connectivity index (χ4n) is 3.45. The summed E-state index contributed by atoms with van der Waals surface area (Å²) < 4.78 is 5.14. The van der Waals surface area contributed by atoms with Gasteiger partial charge in [-0.05, 0) is 55.8 Å². The molecule has 0 aliphatic rings. The Morgan fingerprint density at radius 2 is 1.78 bits per heavy atom. The molecule has 2 amide bonds. The monoisotopic (exact) mass is 517 g/mol. The van der Waals surface area contributed by atoms with Crippen LogP contribution in [0, 0.1) is 6.92 Å². The number of hydrogen-bond donors (Lipinski definition) is 2. The lowest BCUT2D eigenvalue weighted by Gasteiger charge is -2.14. The van der Waals surface area contributed by atoms with Crippen LogP contribution in [0.15, 0.2) is 83.1 Å². The highest BCUT2D eigenvalue weighted by Gasteiger charge is 2.20. The SMILES string of the molecule is CCC(Sc1cccc(NC(=O)c2ccc(OC)cc2)c1)C(=O)Nc1nc(-c2ccc(C)cc2)cs1. The van der Waals surface area contributed by atoms with Crippen molar-refractivity contribution in [1.29, 1.82) is 0 Å². The summed E-state index contributed by atoms with van der Waals surface area (Å²) in [6.45, 7) is 4.02. The summed E-state index contributed by atoms with van der Waals surface area (Å²) in [7, 11) is 1.59. The van der Waals surface area contributed by atoms with Gasteiger partial charge in [-0.2, -0.15) is 0 Å². The minimum atomic E-state index is -0.302. The molecule has 3 aromatic carbocycles. The summed E-state index contributed by atoms with van der Waals surface area (Å²) in [6.07, 6.45) is 0.648. The van der Waals surface area contributed by atoms with Crippen molar-refractivity contribution >= 4 is 45.7 Å². The zero-order chi connectivity index (χ0) is 25.5. The largest absolute Gasteiger partial charge is 0.497 e. The maximum Gasteiger partial charge on any atom is 0.255 e. The van der Waals surface area contributed by atoms with Gasteiger partial charge in [0.2, 0.25) is 5.91 Å². The molecule has 8 heteroatoms. The number of anilines is 2. The molecule has 0 aliphatic carbocycles. The number of carbonyl (C=O) groups is 2. The Kier molecular flexibility index (Phi) is 8.40. The zero-order valence-electron chi connectivity index (χ0n) is 20.3. The van der Waals surface area contributed by atoms with E-state index in [0.717, 1.165) is 16.2 Å². The molecular formula is C28H27N3O3S2. The number of nitrogens with zero attached hydrogens (tertiary/aromatic N) is 1. The van der Waals surface area contributed by atoms with E-state index in [4.69, 9.17) is 4.74 Å². The molecule has 4 aromatic rings. The number of rotatable bonds is 9. The lowest BCUT2D eigenvalue weighted by atomic mass is 10.1. The van der Waals surface area contributed by atoms with Gasteiger partial charge in [0.25, 0.3) is 5.91 Å². The van der Waals surface area contributed by atoms with Crippen LogP contribution in [-0.2, 0) is 4.79 Å². The Hall–Kier alpha value is -3.62. The summed E-state index contributed by atoms with van der Waals surface area (Å²) >= 11 is 2.87. The lowest BCUT2D eigenvalue weighted by Crippen LogP contribution is -2.24. The van der Waals surface area contributed by atoms with Crippen LogP contribution < -0.4 is 15.4 Å².